The van der Waals surface area contributed by atoms with Crippen molar-refractivity contribution in [3.63, 3.8) is 0 Å². The van der Waals surface area contributed by atoms with E-state index in [-0.39, 0.29) is 5.54 Å². The van der Waals surface area contributed by atoms with Crippen LogP contribution in [0, 0.1) is 0 Å². The Hall–Kier alpha value is -1.55. The number of guanidine groups is 1. The summed E-state index contributed by atoms with van der Waals surface area (Å²) in [5, 5.41) is 0. The summed E-state index contributed by atoms with van der Waals surface area (Å²) in [5.74, 6) is 0.710. The van der Waals surface area contributed by atoms with Crippen LogP contribution in [0.1, 0.15) is 18.9 Å². The lowest BCUT2D eigenvalue weighted by Crippen LogP contribution is -2.52. The summed E-state index contributed by atoms with van der Waals surface area (Å²) in [5.41, 5.74) is 7.56. The van der Waals surface area contributed by atoms with Gasteiger partial charge in [0.1, 0.15) is 0 Å². The van der Waals surface area contributed by atoms with Crippen molar-refractivity contribution in [1.82, 2.24) is 9.80 Å². The molecule has 0 radical (unpaired) electrons. The molecule has 2 N–H and O–H groups in total. The van der Waals surface area contributed by atoms with E-state index in [1.807, 2.05) is 0 Å². The van der Waals surface area contributed by atoms with E-state index in [1.54, 1.807) is 0 Å². The van der Waals surface area contributed by atoms with Crippen LogP contribution in [0.3, 0.4) is 0 Å². The summed E-state index contributed by atoms with van der Waals surface area (Å²) in [4.78, 5) is 9.32. The van der Waals surface area contributed by atoms with E-state index >= 15 is 0 Å². The molecular weight excluding hydrogens is 236 g/mol. The van der Waals surface area contributed by atoms with Gasteiger partial charge in [0.15, 0.2) is 5.96 Å². The number of benzene rings is 1. The number of rotatable bonds is 3. The number of hydrogen-bond donors (Lipinski definition) is 1. The maximum atomic E-state index is 6.13. The highest BCUT2D eigenvalue weighted by Crippen LogP contribution is 2.33. The molecule has 0 aliphatic carbocycles. The summed E-state index contributed by atoms with van der Waals surface area (Å²) >= 11 is 0. The van der Waals surface area contributed by atoms with Crippen LogP contribution in [0.5, 0.6) is 0 Å². The molecule has 102 valence electrons. The Kier molecular flexibility index (Phi) is 3.19. The second-order valence-electron chi connectivity index (χ2n) is 5.59. The van der Waals surface area contributed by atoms with Gasteiger partial charge in [0, 0.05) is 19.6 Å². The lowest BCUT2D eigenvalue weighted by atomic mass is 9.97. The Morgan fingerprint density at radius 3 is 2.79 bits per heavy atom. The van der Waals surface area contributed by atoms with Gasteiger partial charge in [0.25, 0.3) is 0 Å². The van der Waals surface area contributed by atoms with Crippen molar-refractivity contribution < 1.29 is 0 Å². The van der Waals surface area contributed by atoms with Crippen LogP contribution in [0.2, 0.25) is 0 Å². The van der Waals surface area contributed by atoms with E-state index in [2.05, 4.69) is 52.0 Å². The first-order valence-corrected chi connectivity index (χ1v) is 7.07. The summed E-state index contributed by atoms with van der Waals surface area (Å²) < 4.78 is 0. The SMILES string of the molecule is CCN1CCC2(CN=C(N)N2Cc2ccccc2)C1. The molecule has 1 atom stereocenters. The molecule has 1 spiro atoms. The highest BCUT2D eigenvalue weighted by Gasteiger charge is 2.46. The average Bonchev–Trinajstić information content (AvgIpc) is 3.00. The van der Waals surface area contributed by atoms with Gasteiger partial charge in [-0.25, -0.2) is 0 Å². The molecule has 0 amide bonds. The Bertz CT molecular complexity index is 470. The Balaban J connectivity index is 1.79. The summed E-state index contributed by atoms with van der Waals surface area (Å²) in [6, 6.07) is 10.5. The zero-order valence-corrected chi connectivity index (χ0v) is 11.5. The maximum absolute atomic E-state index is 6.13. The topological polar surface area (TPSA) is 44.9 Å². The number of hydrogen-bond acceptors (Lipinski definition) is 4. The summed E-state index contributed by atoms with van der Waals surface area (Å²) in [6.45, 7) is 7.29. The van der Waals surface area contributed by atoms with E-state index in [0.717, 1.165) is 39.1 Å². The molecule has 0 bridgehead atoms. The molecule has 2 aliphatic rings. The van der Waals surface area contributed by atoms with Crippen LogP contribution in [-0.2, 0) is 6.54 Å². The van der Waals surface area contributed by atoms with Crippen LogP contribution in [-0.4, -0.2) is 47.5 Å². The van der Waals surface area contributed by atoms with Crippen LogP contribution < -0.4 is 5.73 Å². The number of likely N-dealkylation sites (N-methyl/N-ethyl adjacent to an activating group) is 1. The predicted molar refractivity (Wildman–Crippen MR) is 77.9 cm³/mol. The van der Waals surface area contributed by atoms with Crippen molar-refractivity contribution in [3.8, 4) is 0 Å². The molecule has 0 aromatic heterocycles. The van der Waals surface area contributed by atoms with Crippen molar-refractivity contribution in [3.05, 3.63) is 35.9 Å². The fraction of sp³-hybridized carbons (Fsp3) is 0.533. The fourth-order valence-electron chi connectivity index (χ4n) is 3.22. The molecule has 1 aromatic carbocycles. The predicted octanol–water partition coefficient (Wildman–Crippen LogP) is 1.28. The molecule has 19 heavy (non-hydrogen) atoms. The molecule has 2 heterocycles. The molecule has 1 saturated heterocycles. The number of aliphatic imine (C=N–C) groups is 1. The molecule has 2 aliphatic heterocycles. The number of nitrogens with two attached hydrogens (primary N) is 1. The van der Waals surface area contributed by atoms with Gasteiger partial charge in [0.05, 0.1) is 12.1 Å². The van der Waals surface area contributed by atoms with E-state index < -0.39 is 0 Å². The third-order valence-electron chi connectivity index (χ3n) is 4.43. The van der Waals surface area contributed by atoms with Crippen molar-refractivity contribution >= 4 is 5.96 Å². The van der Waals surface area contributed by atoms with Gasteiger partial charge in [-0.1, -0.05) is 37.3 Å². The van der Waals surface area contributed by atoms with Crippen LogP contribution >= 0.6 is 0 Å². The standard InChI is InChI=1S/C15H22N4/c1-2-18-9-8-15(12-18)11-17-14(16)19(15)10-13-6-4-3-5-7-13/h3-7H,2,8-12H2,1H3,(H2,16,17). The van der Waals surface area contributed by atoms with Crippen molar-refractivity contribution in [2.45, 2.75) is 25.4 Å². The fourth-order valence-corrected chi connectivity index (χ4v) is 3.22. The molecular formula is C15H22N4. The maximum Gasteiger partial charge on any atom is 0.192 e. The highest BCUT2D eigenvalue weighted by atomic mass is 15.4. The van der Waals surface area contributed by atoms with E-state index in [4.69, 9.17) is 5.73 Å². The third kappa shape index (κ3) is 2.21. The monoisotopic (exact) mass is 258 g/mol. The second-order valence-corrected chi connectivity index (χ2v) is 5.59. The average molecular weight is 258 g/mol. The lowest BCUT2D eigenvalue weighted by Gasteiger charge is -2.36. The van der Waals surface area contributed by atoms with Gasteiger partial charge in [-0.2, -0.15) is 0 Å². The van der Waals surface area contributed by atoms with Crippen LogP contribution in [0.4, 0.5) is 0 Å². The van der Waals surface area contributed by atoms with Crippen molar-refractivity contribution in [2.75, 3.05) is 26.2 Å². The first kappa shape index (κ1) is 12.5. The molecule has 0 saturated carbocycles. The molecule has 4 heteroatoms. The Morgan fingerprint density at radius 1 is 1.32 bits per heavy atom. The Morgan fingerprint density at radius 2 is 2.11 bits per heavy atom. The normalized spacial score (nSPS) is 27.2. The van der Waals surface area contributed by atoms with Gasteiger partial charge in [-0.15, -0.1) is 0 Å². The molecule has 4 nitrogen and oxygen atoms in total. The van der Waals surface area contributed by atoms with Gasteiger partial charge in [-0.05, 0) is 18.5 Å². The number of nitrogens with zero attached hydrogens (tertiary/aromatic N) is 3. The zero-order chi connectivity index (χ0) is 13.3. The second kappa shape index (κ2) is 4.85. The summed E-state index contributed by atoms with van der Waals surface area (Å²) in [7, 11) is 0. The van der Waals surface area contributed by atoms with Gasteiger partial charge >= 0.3 is 0 Å². The molecule has 1 unspecified atom stereocenters. The quantitative estimate of drug-likeness (QED) is 0.888. The highest BCUT2D eigenvalue weighted by molar-refractivity contribution is 5.81. The third-order valence-corrected chi connectivity index (χ3v) is 4.43. The molecule has 1 aromatic rings. The van der Waals surface area contributed by atoms with Crippen LogP contribution in [0.15, 0.2) is 35.3 Å². The summed E-state index contributed by atoms with van der Waals surface area (Å²) in [6.07, 6.45) is 1.16. The minimum absolute atomic E-state index is 0.135. The van der Waals surface area contributed by atoms with Crippen molar-refractivity contribution in [1.29, 1.82) is 0 Å². The molecule has 3 rings (SSSR count). The Labute approximate surface area is 114 Å². The number of likely N-dealkylation sites (tertiary alicyclic amines) is 1. The van der Waals surface area contributed by atoms with Crippen molar-refractivity contribution in [2.24, 2.45) is 10.7 Å². The van der Waals surface area contributed by atoms with Gasteiger partial charge < -0.3 is 15.5 Å². The van der Waals surface area contributed by atoms with Gasteiger partial charge in [0.2, 0.25) is 0 Å². The first-order chi connectivity index (χ1) is 9.23. The zero-order valence-electron chi connectivity index (χ0n) is 11.5. The largest absolute Gasteiger partial charge is 0.370 e. The minimum atomic E-state index is 0.135. The lowest BCUT2D eigenvalue weighted by molar-refractivity contribution is 0.191. The van der Waals surface area contributed by atoms with Gasteiger partial charge in [-0.3, -0.25) is 4.99 Å². The molecule has 1 fully saturated rings. The van der Waals surface area contributed by atoms with E-state index in [9.17, 15) is 0 Å². The van der Waals surface area contributed by atoms with E-state index in [0.29, 0.717) is 5.96 Å². The van der Waals surface area contributed by atoms with E-state index in [1.165, 1.54) is 5.56 Å². The smallest absolute Gasteiger partial charge is 0.192 e. The van der Waals surface area contributed by atoms with Crippen LogP contribution in [0.25, 0.3) is 0 Å². The minimum Gasteiger partial charge on any atom is -0.370 e. The first-order valence-electron chi connectivity index (χ1n) is 7.07.